The van der Waals surface area contributed by atoms with E-state index in [1.54, 1.807) is 26.1 Å². The van der Waals surface area contributed by atoms with Crippen LogP contribution in [0.2, 0.25) is 0 Å². The average Bonchev–Trinajstić information content (AvgIpc) is 3.13. The van der Waals surface area contributed by atoms with Crippen LogP contribution in [0.1, 0.15) is 36.0 Å². The summed E-state index contributed by atoms with van der Waals surface area (Å²) in [6, 6.07) is 13.0. The Balaban J connectivity index is 1.50. The molecule has 3 rings (SSSR count). The third kappa shape index (κ3) is 5.50. The van der Waals surface area contributed by atoms with Gasteiger partial charge in [0.1, 0.15) is 12.4 Å². The molecule has 0 aliphatic rings. The predicted molar refractivity (Wildman–Crippen MR) is 97.6 cm³/mol. The van der Waals surface area contributed by atoms with Crippen molar-refractivity contribution in [3.05, 3.63) is 77.7 Å². The van der Waals surface area contributed by atoms with Gasteiger partial charge in [-0.05, 0) is 49.8 Å². The van der Waals surface area contributed by atoms with Crippen molar-refractivity contribution in [2.75, 3.05) is 0 Å². The van der Waals surface area contributed by atoms with Crippen LogP contribution in [0, 0.1) is 6.92 Å². The summed E-state index contributed by atoms with van der Waals surface area (Å²) >= 11 is 0. The molecule has 7 heteroatoms. The summed E-state index contributed by atoms with van der Waals surface area (Å²) in [6.45, 7) is 3.77. The minimum absolute atomic E-state index is 0.267. The van der Waals surface area contributed by atoms with Crippen LogP contribution < -0.4 is 4.74 Å². The van der Waals surface area contributed by atoms with Crippen LogP contribution in [0.15, 0.2) is 59.3 Å². The Morgan fingerprint density at radius 2 is 2.04 bits per heavy atom. The minimum atomic E-state index is -0.606. The highest BCUT2D eigenvalue weighted by atomic mass is 16.6. The number of aryl methyl sites for hydroxylation is 1. The Kier molecular flexibility index (Phi) is 5.94. The van der Waals surface area contributed by atoms with Gasteiger partial charge in [0.2, 0.25) is 0 Å². The van der Waals surface area contributed by atoms with E-state index >= 15 is 0 Å². The monoisotopic (exact) mass is 365 g/mol. The van der Waals surface area contributed by atoms with Gasteiger partial charge in [-0.25, -0.2) is 4.79 Å². The number of rotatable bonds is 7. The Morgan fingerprint density at radius 1 is 1.22 bits per heavy atom. The average molecular weight is 365 g/mol. The minimum Gasteiger partial charge on any atom is -0.487 e. The molecule has 138 valence electrons. The molecule has 1 atom stereocenters. The Morgan fingerprint density at radius 3 is 2.70 bits per heavy atom. The number of ether oxygens (including phenoxy) is 2. The van der Waals surface area contributed by atoms with E-state index in [4.69, 9.17) is 14.0 Å². The van der Waals surface area contributed by atoms with Crippen LogP contribution in [0.3, 0.4) is 0 Å². The van der Waals surface area contributed by atoms with E-state index in [9.17, 15) is 4.79 Å². The normalized spacial score (nSPS) is 12.1. The van der Waals surface area contributed by atoms with E-state index in [1.807, 2.05) is 42.5 Å². The zero-order chi connectivity index (χ0) is 19.1. The molecule has 1 unspecified atom stereocenters. The summed E-state index contributed by atoms with van der Waals surface area (Å²) < 4.78 is 15.9. The van der Waals surface area contributed by atoms with Crippen molar-refractivity contribution >= 4 is 12.0 Å². The molecule has 0 amide bonds. The quantitative estimate of drug-likeness (QED) is 0.466. The van der Waals surface area contributed by atoms with Crippen molar-refractivity contribution in [1.82, 2.24) is 15.1 Å². The standard InChI is InChI=1S/C20H19N3O4/c1-14(20-22-15(2)23-27-20)26-19(24)11-8-16-6-9-18(10-7-16)25-13-17-5-3-4-12-21-17/h3-12,14H,13H2,1-2H3/b11-8+. The van der Waals surface area contributed by atoms with Crippen LogP contribution in [-0.2, 0) is 16.1 Å². The summed E-state index contributed by atoms with van der Waals surface area (Å²) in [5.74, 6) is 0.993. The number of carbonyl (C=O) groups is 1. The molecule has 0 saturated heterocycles. The van der Waals surface area contributed by atoms with E-state index in [0.29, 0.717) is 12.4 Å². The molecule has 0 spiro atoms. The van der Waals surface area contributed by atoms with Crippen molar-refractivity contribution in [2.45, 2.75) is 26.6 Å². The molecule has 0 fully saturated rings. The number of pyridine rings is 1. The largest absolute Gasteiger partial charge is 0.487 e. The second-order valence-electron chi connectivity index (χ2n) is 5.77. The second kappa shape index (κ2) is 8.75. The van der Waals surface area contributed by atoms with E-state index < -0.39 is 12.1 Å². The predicted octanol–water partition coefficient (Wildman–Crippen LogP) is 3.67. The van der Waals surface area contributed by atoms with Crippen LogP contribution >= 0.6 is 0 Å². The molecule has 0 bridgehead atoms. The maximum Gasteiger partial charge on any atom is 0.331 e. The lowest BCUT2D eigenvalue weighted by molar-refractivity contribution is -0.143. The Labute approximate surface area is 156 Å². The summed E-state index contributed by atoms with van der Waals surface area (Å²) in [4.78, 5) is 20.1. The fourth-order valence-corrected chi connectivity index (χ4v) is 2.22. The Hall–Kier alpha value is -3.48. The van der Waals surface area contributed by atoms with Gasteiger partial charge >= 0.3 is 5.97 Å². The lowest BCUT2D eigenvalue weighted by Gasteiger charge is -2.07. The van der Waals surface area contributed by atoms with E-state index in [2.05, 4.69) is 15.1 Å². The number of hydrogen-bond acceptors (Lipinski definition) is 7. The summed E-state index contributed by atoms with van der Waals surface area (Å²) in [5, 5.41) is 3.67. The highest BCUT2D eigenvalue weighted by Gasteiger charge is 2.16. The summed E-state index contributed by atoms with van der Waals surface area (Å²) in [6.07, 6.45) is 4.14. The SMILES string of the molecule is Cc1noc(C(C)OC(=O)/C=C/c2ccc(OCc3ccccn3)cc2)n1. The molecule has 3 aromatic rings. The molecule has 0 N–H and O–H groups in total. The van der Waals surface area contributed by atoms with Gasteiger partial charge in [-0.1, -0.05) is 23.4 Å². The molecule has 0 aliphatic carbocycles. The molecule has 2 heterocycles. The molecule has 1 aromatic carbocycles. The zero-order valence-corrected chi connectivity index (χ0v) is 15.0. The molecule has 0 radical (unpaired) electrons. The van der Waals surface area contributed by atoms with Gasteiger partial charge in [0, 0.05) is 12.3 Å². The van der Waals surface area contributed by atoms with Crippen molar-refractivity contribution in [1.29, 1.82) is 0 Å². The van der Waals surface area contributed by atoms with Gasteiger partial charge in [-0.3, -0.25) is 4.98 Å². The molecule has 0 saturated carbocycles. The third-order valence-corrected chi connectivity index (χ3v) is 3.59. The first-order chi connectivity index (χ1) is 13.1. The molecular weight excluding hydrogens is 346 g/mol. The number of aromatic nitrogens is 3. The van der Waals surface area contributed by atoms with Crippen LogP contribution in [-0.4, -0.2) is 21.1 Å². The van der Waals surface area contributed by atoms with E-state index in [1.165, 1.54) is 6.08 Å². The molecular formula is C20H19N3O4. The summed E-state index contributed by atoms with van der Waals surface area (Å²) in [7, 11) is 0. The van der Waals surface area contributed by atoms with Crippen molar-refractivity contribution < 1.29 is 18.8 Å². The fraction of sp³-hybridized carbons (Fsp3) is 0.200. The topological polar surface area (TPSA) is 87.3 Å². The van der Waals surface area contributed by atoms with E-state index in [0.717, 1.165) is 17.0 Å². The van der Waals surface area contributed by atoms with Gasteiger partial charge in [0.05, 0.1) is 5.69 Å². The van der Waals surface area contributed by atoms with Gasteiger partial charge < -0.3 is 14.0 Å². The van der Waals surface area contributed by atoms with Crippen LogP contribution in [0.25, 0.3) is 6.08 Å². The van der Waals surface area contributed by atoms with E-state index in [-0.39, 0.29) is 5.89 Å². The maximum absolute atomic E-state index is 11.9. The molecule has 0 aliphatic heterocycles. The van der Waals surface area contributed by atoms with Gasteiger partial charge in [0.15, 0.2) is 11.9 Å². The zero-order valence-electron chi connectivity index (χ0n) is 15.0. The number of nitrogens with zero attached hydrogens (tertiary/aromatic N) is 3. The van der Waals surface area contributed by atoms with Gasteiger partial charge in [-0.2, -0.15) is 4.98 Å². The van der Waals surface area contributed by atoms with Gasteiger partial charge in [0.25, 0.3) is 5.89 Å². The molecule has 27 heavy (non-hydrogen) atoms. The number of carbonyl (C=O) groups excluding carboxylic acids is 1. The number of benzene rings is 1. The van der Waals surface area contributed by atoms with Crippen molar-refractivity contribution in [3.63, 3.8) is 0 Å². The highest BCUT2D eigenvalue weighted by molar-refractivity contribution is 5.87. The van der Waals surface area contributed by atoms with Crippen LogP contribution in [0.4, 0.5) is 0 Å². The number of esters is 1. The lowest BCUT2D eigenvalue weighted by Crippen LogP contribution is -2.06. The Bertz CT molecular complexity index is 904. The maximum atomic E-state index is 11.9. The van der Waals surface area contributed by atoms with Crippen molar-refractivity contribution in [2.24, 2.45) is 0 Å². The highest BCUT2D eigenvalue weighted by Crippen LogP contribution is 2.16. The molecule has 2 aromatic heterocycles. The molecule has 7 nitrogen and oxygen atoms in total. The lowest BCUT2D eigenvalue weighted by atomic mass is 10.2. The summed E-state index contributed by atoms with van der Waals surface area (Å²) in [5.41, 5.74) is 1.70. The third-order valence-electron chi connectivity index (χ3n) is 3.59. The van der Waals surface area contributed by atoms with Crippen molar-refractivity contribution in [3.8, 4) is 5.75 Å². The van der Waals surface area contributed by atoms with Crippen LogP contribution in [0.5, 0.6) is 5.75 Å². The first-order valence-electron chi connectivity index (χ1n) is 8.42. The fourth-order valence-electron chi connectivity index (χ4n) is 2.22. The first kappa shape index (κ1) is 18.3. The first-order valence-corrected chi connectivity index (χ1v) is 8.42. The second-order valence-corrected chi connectivity index (χ2v) is 5.77. The number of hydrogen-bond donors (Lipinski definition) is 0. The van der Waals surface area contributed by atoms with Gasteiger partial charge in [-0.15, -0.1) is 0 Å². The smallest absolute Gasteiger partial charge is 0.331 e.